The molecule has 1 atom stereocenters. The molecule has 1 aromatic rings. The average molecular weight is 1450 g/mol. The fourth-order valence-electron chi connectivity index (χ4n) is 13.1. The highest BCUT2D eigenvalue weighted by molar-refractivity contribution is 7.99. The van der Waals surface area contributed by atoms with E-state index in [4.69, 9.17) is 14.2 Å². The van der Waals surface area contributed by atoms with Crippen LogP contribution in [0.5, 0.6) is 0 Å². The van der Waals surface area contributed by atoms with Crippen LogP contribution in [0.3, 0.4) is 0 Å². The third-order valence-electron chi connectivity index (χ3n) is 20.1. The van der Waals surface area contributed by atoms with Gasteiger partial charge >= 0.3 is 0 Å². The van der Waals surface area contributed by atoms with E-state index >= 15 is 0 Å². The minimum atomic E-state index is -1.95. The van der Waals surface area contributed by atoms with Gasteiger partial charge in [-0.25, -0.2) is 4.68 Å². The van der Waals surface area contributed by atoms with Crippen LogP contribution in [-0.2, 0) is 36.7 Å². The number of piperidine rings is 3. The van der Waals surface area contributed by atoms with E-state index in [1.54, 1.807) is 10.9 Å². The Kier molecular flexibility index (Phi) is 54.6. The van der Waals surface area contributed by atoms with Crippen molar-refractivity contribution in [1.82, 2.24) is 39.5 Å². The molecule has 1 N–H and O–H groups in total. The van der Waals surface area contributed by atoms with Crippen molar-refractivity contribution in [2.75, 3.05) is 150 Å². The summed E-state index contributed by atoms with van der Waals surface area (Å²) in [5, 5.41) is 18.2. The summed E-state index contributed by atoms with van der Waals surface area (Å²) < 4.78 is 29.3. The van der Waals surface area contributed by atoms with Crippen LogP contribution in [0.25, 0.3) is 0 Å². The highest BCUT2D eigenvalue weighted by atomic mass is 32.2. The van der Waals surface area contributed by atoms with Gasteiger partial charge in [-0.1, -0.05) is 228 Å². The molecular weight excluding hydrogens is 1270 g/mol. The lowest BCUT2D eigenvalue weighted by Gasteiger charge is -2.35. The first kappa shape index (κ1) is 99.8. The fourth-order valence-corrected chi connectivity index (χ4v) is 13.6. The zero-order valence-corrected chi connectivity index (χ0v) is 73.4. The van der Waals surface area contributed by atoms with Crippen LogP contribution in [-0.4, -0.2) is 210 Å². The summed E-state index contributed by atoms with van der Waals surface area (Å²) in [6.45, 7) is 76.2. The number of likely N-dealkylation sites (tertiary alicyclic amines) is 3. The predicted molar refractivity (Wildman–Crippen MR) is 446 cm³/mol. The van der Waals surface area contributed by atoms with Gasteiger partial charge in [-0.3, -0.25) is 4.21 Å². The van der Waals surface area contributed by atoms with Crippen LogP contribution in [0.2, 0.25) is 0 Å². The van der Waals surface area contributed by atoms with Crippen LogP contribution >= 0.6 is 0 Å². The Morgan fingerprint density at radius 3 is 1.26 bits per heavy atom. The molecular formula is C87H180N8O5S. The standard InChI is InChI=1S/C17H35NO.C17H35N.C16H33N.C15H29N3O3S.C13H28N2.C9H20O/c1-16(2,3)10-8-6-5-7-9-13-18-14-11-17(4,19)12-15-18;1-5-9-16-10-14-18(15-11-16)13-8-6-7-12-17(2,3)4;1-5-15-9-13-17(14-10-15)12-8-6-7-11-16(2,3)4;1-15(2,3)12-14-13-18(17-16-14)6-7-20-8-9-21-10-11-22(4,5)19;1-5-7-14-9-11-15(12-10-14)8-6-13(2,3)4;1-5-7-10-8-6-9(2,3)4/h19H,5-15H2,1-4H3;16H,5-15H2,1-4H3;15H,5-14H2,1-4H3;13H,4,6-12H2,1-3,5H3;5-12H2,1-4H3;5-8H2,1-4H3. The largest absolute Gasteiger partial charge is 0.390 e. The van der Waals surface area contributed by atoms with Crippen LogP contribution in [0.1, 0.15) is 338 Å². The van der Waals surface area contributed by atoms with E-state index in [9.17, 15) is 9.32 Å². The molecule has 4 fully saturated rings. The third kappa shape index (κ3) is 67.9. The highest BCUT2D eigenvalue weighted by Crippen LogP contribution is 2.28. The molecule has 5 rings (SSSR count). The van der Waals surface area contributed by atoms with Gasteiger partial charge in [0.1, 0.15) is 0 Å². The molecule has 13 nitrogen and oxygen atoms in total. The molecule has 5 heterocycles. The molecule has 0 amide bonds. The predicted octanol–water partition coefficient (Wildman–Crippen LogP) is 20.6. The second-order valence-electron chi connectivity index (χ2n) is 39.2. The van der Waals surface area contributed by atoms with Crippen molar-refractivity contribution in [3.8, 4) is 0 Å². The van der Waals surface area contributed by atoms with Gasteiger partial charge in [-0.05, 0) is 235 Å². The molecule has 1 aromatic heterocycles. The quantitative estimate of drug-likeness (QED) is 0.0503. The Morgan fingerprint density at radius 2 is 0.842 bits per heavy atom. The number of hydrogen-bond donors (Lipinski definition) is 1. The number of aliphatic hydroxyl groups is 1. The summed E-state index contributed by atoms with van der Waals surface area (Å²) in [4.78, 5) is 13.1. The first-order chi connectivity index (χ1) is 47.0. The number of ether oxygens (including phenoxy) is 3. The van der Waals surface area contributed by atoms with Crippen molar-refractivity contribution in [1.29, 1.82) is 0 Å². The second kappa shape index (κ2) is 55.2. The van der Waals surface area contributed by atoms with Gasteiger partial charge in [0, 0.05) is 70.7 Å². The minimum absolute atomic E-state index is 0.213. The zero-order valence-electron chi connectivity index (χ0n) is 72.6. The van der Waals surface area contributed by atoms with Gasteiger partial charge in [-0.2, -0.15) is 0 Å². The minimum Gasteiger partial charge on any atom is -0.390 e. The molecule has 0 spiro atoms. The Hall–Kier alpha value is -1.20. The van der Waals surface area contributed by atoms with Crippen molar-refractivity contribution in [3.05, 3.63) is 11.9 Å². The molecule has 4 aliphatic heterocycles. The third-order valence-corrected chi connectivity index (χ3v) is 21.2. The van der Waals surface area contributed by atoms with E-state index < -0.39 is 15.1 Å². The number of nitrogens with zero attached hydrogens (tertiary/aromatic N) is 8. The van der Waals surface area contributed by atoms with Crippen LogP contribution in [0, 0.1) is 44.3 Å². The Labute approximate surface area is 632 Å². The number of unbranched alkanes of at least 4 members (excludes halogenated alkanes) is 8. The van der Waals surface area contributed by atoms with Crippen molar-refractivity contribution >= 4 is 15.4 Å². The fraction of sp³-hybridized carbons (Fsp3) is 0.966. The second-order valence-corrected chi connectivity index (χ2v) is 41.9. The molecule has 1 unspecified atom stereocenters. The Bertz CT molecular complexity index is 2130. The van der Waals surface area contributed by atoms with Gasteiger partial charge in [0.15, 0.2) is 0 Å². The Morgan fingerprint density at radius 1 is 0.446 bits per heavy atom. The first-order valence-electron chi connectivity index (χ1n) is 42.3. The van der Waals surface area contributed by atoms with E-state index in [2.05, 4.69) is 193 Å². The van der Waals surface area contributed by atoms with Gasteiger partial charge < -0.3 is 43.8 Å². The SMILES string of the molecule is C=S(C)(=O)CCOCCOCCn1cc(CC(C)(C)C)nn1.CC(C)(C)CCCCCCCN1CCC(C)(O)CC1.CCC1CCN(CCCCCC(C)(C)C)CC1.CCCC1CCN(CCCCCC(C)(C)C)CC1.CCCN1CCN(CCC(C)(C)C)CC1.CCCOCCC(C)(C)C. The summed E-state index contributed by atoms with van der Waals surface area (Å²) in [5.74, 6) is 6.12. The van der Waals surface area contributed by atoms with Crippen molar-refractivity contribution < 1.29 is 23.5 Å². The lowest BCUT2D eigenvalue weighted by atomic mass is 9.89. The lowest BCUT2D eigenvalue weighted by Crippen LogP contribution is -2.47. The number of hydrogen-bond acceptors (Lipinski definition) is 12. The maximum atomic E-state index is 11.3. The van der Waals surface area contributed by atoms with Gasteiger partial charge in [0.25, 0.3) is 0 Å². The molecule has 0 aliphatic carbocycles. The number of piperazine rings is 1. The molecule has 4 saturated heterocycles. The molecule has 0 radical (unpaired) electrons. The van der Waals surface area contributed by atoms with Gasteiger partial charge in [0.05, 0.1) is 44.3 Å². The van der Waals surface area contributed by atoms with E-state index in [1.807, 2.05) is 13.1 Å². The van der Waals surface area contributed by atoms with Crippen LogP contribution in [0.4, 0.5) is 0 Å². The topological polar surface area (TPSA) is 112 Å². The zero-order chi connectivity index (χ0) is 76.5. The smallest absolute Gasteiger partial charge is 0.0832 e. The first-order valence-corrected chi connectivity index (χ1v) is 44.6. The van der Waals surface area contributed by atoms with Gasteiger partial charge in [-0.15, -0.1) is 5.10 Å². The summed E-state index contributed by atoms with van der Waals surface area (Å²) >= 11 is 0. The molecule has 0 aromatic carbocycles. The Balaban J connectivity index is 0.00000120. The van der Waals surface area contributed by atoms with Crippen LogP contribution < -0.4 is 0 Å². The molecule has 604 valence electrons. The average Bonchev–Trinajstić information content (AvgIpc) is 1.87. The summed E-state index contributed by atoms with van der Waals surface area (Å²) in [6.07, 6.45) is 40.8. The number of aromatic nitrogens is 3. The molecule has 14 heteroatoms. The molecule has 4 aliphatic rings. The normalized spacial score (nSPS) is 18.2. The summed E-state index contributed by atoms with van der Waals surface area (Å²) in [5.41, 5.74) is 3.29. The monoisotopic (exact) mass is 1450 g/mol. The summed E-state index contributed by atoms with van der Waals surface area (Å²) in [7, 11) is -1.95. The van der Waals surface area contributed by atoms with E-state index in [0.29, 0.717) is 65.8 Å². The van der Waals surface area contributed by atoms with E-state index in [0.717, 1.165) is 75.9 Å². The van der Waals surface area contributed by atoms with Crippen molar-refractivity contribution in [2.45, 2.75) is 351 Å². The highest BCUT2D eigenvalue weighted by Gasteiger charge is 2.27. The molecule has 0 bridgehead atoms. The van der Waals surface area contributed by atoms with Crippen molar-refractivity contribution in [3.63, 3.8) is 0 Å². The molecule has 0 saturated carbocycles. The van der Waals surface area contributed by atoms with E-state index in [1.165, 1.54) is 233 Å². The maximum absolute atomic E-state index is 11.3. The lowest BCUT2D eigenvalue weighted by molar-refractivity contribution is -0.00555. The van der Waals surface area contributed by atoms with Crippen molar-refractivity contribution in [2.24, 2.45) is 44.3 Å². The van der Waals surface area contributed by atoms with Crippen LogP contribution in [0.15, 0.2) is 6.20 Å². The number of rotatable bonds is 38. The summed E-state index contributed by atoms with van der Waals surface area (Å²) in [6, 6.07) is 0. The van der Waals surface area contributed by atoms with Gasteiger partial charge in [0.2, 0.25) is 0 Å². The molecule has 101 heavy (non-hydrogen) atoms. The maximum Gasteiger partial charge on any atom is 0.0832 e. The van der Waals surface area contributed by atoms with E-state index in [-0.39, 0.29) is 5.41 Å².